The second-order valence-electron chi connectivity index (χ2n) is 3.70. The number of anilines is 1. The summed E-state index contributed by atoms with van der Waals surface area (Å²) in [5.41, 5.74) is 5.49. The average Bonchev–Trinajstić information content (AvgIpc) is 2.25. The van der Waals surface area contributed by atoms with Gasteiger partial charge in [-0.3, -0.25) is 9.59 Å². The third-order valence-corrected chi connectivity index (χ3v) is 1.80. The van der Waals surface area contributed by atoms with Gasteiger partial charge in [-0.15, -0.1) is 0 Å². The molecule has 7 heteroatoms. The predicted molar refractivity (Wildman–Crippen MR) is 62.1 cm³/mol. The zero-order valence-electron chi connectivity index (χ0n) is 9.73. The van der Waals surface area contributed by atoms with Crippen LogP contribution in [0.5, 0.6) is 0 Å². The van der Waals surface area contributed by atoms with Crippen molar-refractivity contribution in [1.29, 1.82) is 0 Å². The molecule has 1 heterocycles. The minimum absolute atomic E-state index is 0.0184. The summed E-state index contributed by atoms with van der Waals surface area (Å²) < 4.78 is 0. The lowest BCUT2D eigenvalue weighted by molar-refractivity contribution is -0.120. The Balaban J connectivity index is 2.51. The minimum atomic E-state index is -0.519. The highest BCUT2D eigenvalue weighted by Crippen LogP contribution is 2.01. The van der Waals surface area contributed by atoms with Gasteiger partial charge < -0.3 is 16.4 Å². The summed E-state index contributed by atoms with van der Waals surface area (Å²) in [5.74, 6) is -0.750. The van der Waals surface area contributed by atoms with Crippen molar-refractivity contribution in [1.82, 2.24) is 20.6 Å². The number of nitrogen functional groups attached to an aromatic ring is 1. The van der Waals surface area contributed by atoms with Crippen LogP contribution in [0.2, 0.25) is 0 Å². The highest BCUT2D eigenvalue weighted by Gasteiger charge is 2.13. The van der Waals surface area contributed by atoms with Crippen molar-refractivity contribution < 1.29 is 9.59 Å². The highest BCUT2D eigenvalue weighted by molar-refractivity contribution is 5.98. The first-order valence-electron chi connectivity index (χ1n) is 5.14. The van der Waals surface area contributed by atoms with Crippen LogP contribution in [0.3, 0.4) is 0 Å². The number of hydrogen-bond donors (Lipinski definition) is 3. The van der Waals surface area contributed by atoms with Crippen molar-refractivity contribution in [2.24, 2.45) is 0 Å². The number of hydrogen-bond acceptors (Lipinski definition) is 5. The van der Waals surface area contributed by atoms with Crippen LogP contribution in [0.1, 0.15) is 24.3 Å². The minimum Gasteiger partial charge on any atom is -0.382 e. The molecule has 92 valence electrons. The van der Waals surface area contributed by atoms with Gasteiger partial charge >= 0.3 is 0 Å². The molecule has 0 radical (unpaired) electrons. The maximum absolute atomic E-state index is 11.6. The van der Waals surface area contributed by atoms with Crippen molar-refractivity contribution >= 4 is 17.6 Å². The summed E-state index contributed by atoms with van der Waals surface area (Å²) in [6, 6.07) is 0.0287. The van der Waals surface area contributed by atoms with Gasteiger partial charge in [0.2, 0.25) is 5.91 Å². The molecule has 1 aromatic rings. The Hall–Kier alpha value is -2.18. The molecule has 4 N–H and O–H groups in total. The summed E-state index contributed by atoms with van der Waals surface area (Å²) in [5, 5.41) is 5.05. The molecule has 0 saturated carbocycles. The molecule has 2 amide bonds. The molecule has 1 aromatic heterocycles. The Kier molecular flexibility index (Phi) is 4.38. The van der Waals surface area contributed by atoms with Crippen LogP contribution in [0.25, 0.3) is 0 Å². The lowest BCUT2D eigenvalue weighted by atomic mass is 10.3. The van der Waals surface area contributed by atoms with E-state index in [0.717, 1.165) is 0 Å². The quantitative estimate of drug-likeness (QED) is 0.642. The molecule has 0 aliphatic carbocycles. The van der Waals surface area contributed by atoms with Gasteiger partial charge in [-0.05, 0) is 13.8 Å². The van der Waals surface area contributed by atoms with Gasteiger partial charge in [0.15, 0.2) is 11.5 Å². The number of nitrogens with one attached hydrogen (secondary N) is 2. The summed E-state index contributed by atoms with van der Waals surface area (Å²) in [4.78, 5) is 30.4. The lowest BCUT2D eigenvalue weighted by Gasteiger charge is -2.09. The Morgan fingerprint density at radius 2 is 2.00 bits per heavy atom. The first-order chi connectivity index (χ1) is 8.00. The Bertz CT molecular complexity index is 419. The first-order valence-corrected chi connectivity index (χ1v) is 5.14. The van der Waals surface area contributed by atoms with E-state index in [9.17, 15) is 9.59 Å². The largest absolute Gasteiger partial charge is 0.382 e. The second kappa shape index (κ2) is 5.78. The van der Waals surface area contributed by atoms with E-state index in [-0.39, 0.29) is 30.0 Å². The van der Waals surface area contributed by atoms with Crippen LogP contribution in [0.4, 0.5) is 5.82 Å². The summed E-state index contributed by atoms with van der Waals surface area (Å²) in [6.45, 7) is 3.55. The molecular weight excluding hydrogens is 222 g/mol. The first kappa shape index (κ1) is 12.9. The van der Waals surface area contributed by atoms with Gasteiger partial charge in [-0.1, -0.05) is 0 Å². The predicted octanol–water partition coefficient (Wildman–Crippen LogP) is -0.687. The van der Waals surface area contributed by atoms with Crippen molar-refractivity contribution in [2.75, 3.05) is 12.3 Å². The van der Waals surface area contributed by atoms with Gasteiger partial charge in [0, 0.05) is 18.4 Å². The van der Waals surface area contributed by atoms with E-state index in [1.807, 2.05) is 13.8 Å². The Labute approximate surface area is 98.8 Å². The van der Waals surface area contributed by atoms with Crippen LogP contribution >= 0.6 is 0 Å². The van der Waals surface area contributed by atoms with Crippen LogP contribution in [-0.4, -0.2) is 34.4 Å². The van der Waals surface area contributed by atoms with Gasteiger partial charge in [0.1, 0.15) is 0 Å². The molecule has 0 atom stereocenters. The molecule has 0 aliphatic rings. The topological polar surface area (TPSA) is 110 Å². The third kappa shape index (κ3) is 4.06. The van der Waals surface area contributed by atoms with Crippen LogP contribution in [0, 0.1) is 0 Å². The molecule has 0 unspecified atom stereocenters. The van der Waals surface area contributed by atoms with Gasteiger partial charge in [0.05, 0.1) is 6.54 Å². The van der Waals surface area contributed by atoms with Crippen molar-refractivity contribution in [3.63, 3.8) is 0 Å². The van der Waals surface area contributed by atoms with Gasteiger partial charge in [-0.25, -0.2) is 9.97 Å². The van der Waals surface area contributed by atoms with Crippen molar-refractivity contribution in [3.8, 4) is 0 Å². The fraction of sp³-hybridized carbons (Fsp3) is 0.400. The maximum atomic E-state index is 11.6. The van der Waals surface area contributed by atoms with Crippen LogP contribution < -0.4 is 16.4 Å². The monoisotopic (exact) mass is 237 g/mol. The molecule has 1 rings (SSSR count). The molecular formula is C10H15N5O2. The normalized spacial score (nSPS) is 10.1. The molecule has 7 nitrogen and oxygen atoms in total. The number of aromatic nitrogens is 2. The molecule has 0 aliphatic heterocycles. The molecule has 17 heavy (non-hydrogen) atoms. The zero-order chi connectivity index (χ0) is 12.8. The van der Waals surface area contributed by atoms with Crippen molar-refractivity contribution in [2.45, 2.75) is 19.9 Å². The molecule has 0 spiro atoms. The Morgan fingerprint density at radius 3 is 2.59 bits per heavy atom. The van der Waals surface area contributed by atoms with Gasteiger partial charge in [-0.2, -0.15) is 0 Å². The van der Waals surface area contributed by atoms with E-state index in [0.29, 0.717) is 0 Å². The average molecular weight is 237 g/mol. The maximum Gasteiger partial charge on any atom is 0.274 e. The molecule has 0 aromatic carbocycles. The number of rotatable bonds is 4. The number of carbonyl (C=O) groups is 2. The van der Waals surface area contributed by atoms with Crippen LogP contribution in [-0.2, 0) is 4.79 Å². The number of nitrogens with two attached hydrogens (primary N) is 1. The van der Waals surface area contributed by atoms with E-state index in [1.165, 1.54) is 12.4 Å². The van der Waals surface area contributed by atoms with E-state index in [2.05, 4.69) is 20.6 Å². The summed E-state index contributed by atoms with van der Waals surface area (Å²) in [6.07, 6.45) is 2.75. The number of carbonyl (C=O) groups excluding carboxylic acids is 2. The van der Waals surface area contributed by atoms with E-state index >= 15 is 0 Å². The lowest BCUT2D eigenvalue weighted by Crippen LogP contribution is -2.40. The van der Waals surface area contributed by atoms with Crippen molar-refractivity contribution in [3.05, 3.63) is 18.1 Å². The smallest absolute Gasteiger partial charge is 0.274 e. The summed E-state index contributed by atoms with van der Waals surface area (Å²) >= 11 is 0. The standard InChI is InChI=1S/C10H15N5O2/c1-6(2)15-7(16)5-14-10(17)8-9(11)13-4-3-12-8/h3-4,6H,5H2,1-2H3,(H2,11,13)(H,14,17)(H,15,16). The molecule has 0 fully saturated rings. The molecule has 0 saturated heterocycles. The fourth-order valence-electron chi connectivity index (χ4n) is 1.14. The second-order valence-corrected chi connectivity index (χ2v) is 3.70. The number of nitrogens with zero attached hydrogens (tertiary/aromatic N) is 2. The van der Waals surface area contributed by atoms with E-state index in [1.54, 1.807) is 0 Å². The fourth-order valence-corrected chi connectivity index (χ4v) is 1.14. The Morgan fingerprint density at radius 1 is 1.35 bits per heavy atom. The highest BCUT2D eigenvalue weighted by atomic mass is 16.2. The SMILES string of the molecule is CC(C)NC(=O)CNC(=O)c1nccnc1N. The summed E-state index contributed by atoms with van der Waals surface area (Å²) in [7, 11) is 0. The van der Waals surface area contributed by atoms with E-state index < -0.39 is 5.91 Å². The van der Waals surface area contributed by atoms with E-state index in [4.69, 9.17) is 5.73 Å². The molecule has 0 bridgehead atoms. The van der Waals surface area contributed by atoms with Gasteiger partial charge in [0.25, 0.3) is 5.91 Å². The number of amides is 2. The third-order valence-electron chi connectivity index (χ3n) is 1.80. The zero-order valence-corrected chi connectivity index (χ0v) is 9.73. The van der Waals surface area contributed by atoms with Crippen LogP contribution in [0.15, 0.2) is 12.4 Å².